The molecule has 0 aliphatic rings. The number of alkyl halides is 3. The minimum atomic E-state index is -5.11. The average molecular weight is 648 g/mol. The van der Waals surface area contributed by atoms with Crippen molar-refractivity contribution in [2.24, 2.45) is 0 Å². The zero-order valence-corrected chi connectivity index (χ0v) is 24.2. The topological polar surface area (TPSA) is 219 Å². The molecule has 0 unspecified atom stereocenters. The molecular formula is C26H32F3N5O11. The maximum atomic E-state index is 14.2. The van der Waals surface area contributed by atoms with Gasteiger partial charge in [0.2, 0.25) is 5.91 Å². The maximum absolute atomic E-state index is 14.2. The van der Waals surface area contributed by atoms with E-state index in [-0.39, 0.29) is 43.2 Å². The van der Waals surface area contributed by atoms with Crippen LogP contribution in [0.4, 0.5) is 18.9 Å². The van der Waals surface area contributed by atoms with Crippen molar-refractivity contribution in [3.63, 3.8) is 0 Å². The summed E-state index contributed by atoms with van der Waals surface area (Å²) < 4.78 is 52.9. The number of aromatic nitrogens is 1. The number of nitrogens with zero attached hydrogens (tertiary/aromatic N) is 3. The van der Waals surface area contributed by atoms with E-state index in [9.17, 15) is 47.0 Å². The molecule has 1 aromatic carbocycles. The lowest BCUT2D eigenvalue weighted by molar-refractivity contribution is -0.143. The second-order valence-electron chi connectivity index (χ2n) is 9.57. The van der Waals surface area contributed by atoms with E-state index in [4.69, 9.17) is 19.7 Å². The molecule has 0 bridgehead atoms. The van der Waals surface area contributed by atoms with Crippen molar-refractivity contribution >= 4 is 46.7 Å². The molecule has 0 aliphatic carbocycles. The first-order chi connectivity index (χ1) is 21.1. The van der Waals surface area contributed by atoms with Crippen LogP contribution >= 0.6 is 0 Å². The van der Waals surface area contributed by atoms with Crippen molar-refractivity contribution in [3.05, 3.63) is 28.0 Å². The third-order valence-corrected chi connectivity index (χ3v) is 6.31. The van der Waals surface area contributed by atoms with Crippen molar-refractivity contribution in [2.75, 3.05) is 78.4 Å². The van der Waals surface area contributed by atoms with Gasteiger partial charge in [-0.1, -0.05) is 0 Å². The highest BCUT2D eigenvalue weighted by atomic mass is 19.4. The molecule has 45 heavy (non-hydrogen) atoms. The summed E-state index contributed by atoms with van der Waals surface area (Å²) in [4.78, 5) is 76.1. The van der Waals surface area contributed by atoms with E-state index in [0.717, 1.165) is 17.0 Å². The molecule has 0 spiro atoms. The number of H-pyrrole nitrogens is 1. The number of methoxy groups -OCH3 is 2. The molecule has 0 saturated heterocycles. The van der Waals surface area contributed by atoms with Gasteiger partial charge in [-0.05, 0) is 6.07 Å². The number of carboxylic acid groups (broad SMARTS) is 3. The van der Waals surface area contributed by atoms with Gasteiger partial charge in [-0.3, -0.25) is 38.7 Å². The van der Waals surface area contributed by atoms with E-state index < -0.39 is 84.9 Å². The lowest BCUT2D eigenvalue weighted by Crippen LogP contribution is -2.45. The predicted molar refractivity (Wildman–Crippen MR) is 150 cm³/mol. The molecule has 0 atom stereocenters. The Morgan fingerprint density at radius 1 is 0.844 bits per heavy atom. The molecule has 0 fully saturated rings. The molecule has 1 aromatic heterocycles. The van der Waals surface area contributed by atoms with Crippen molar-refractivity contribution in [1.29, 1.82) is 0 Å². The van der Waals surface area contributed by atoms with Crippen molar-refractivity contribution in [1.82, 2.24) is 19.7 Å². The van der Waals surface area contributed by atoms with E-state index in [1.807, 2.05) is 5.32 Å². The Hall–Kier alpha value is -4.75. The van der Waals surface area contributed by atoms with Gasteiger partial charge in [0, 0.05) is 37.6 Å². The van der Waals surface area contributed by atoms with Gasteiger partial charge in [-0.25, -0.2) is 0 Å². The number of benzene rings is 1. The van der Waals surface area contributed by atoms with E-state index in [1.165, 1.54) is 24.0 Å². The van der Waals surface area contributed by atoms with Gasteiger partial charge < -0.3 is 39.9 Å². The molecular weight excluding hydrogens is 615 g/mol. The molecule has 2 rings (SSSR count). The Bertz CT molecular complexity index is 1450. The molecule has 1 heterocycles. The van der Waals surface area contributed by atoms with Gasteiger partial charge in [0.15, 0.2) is 11.5 Å². The Morgan fingerprint density at radius 3 is 1.82 bits per heavy atom. The van der Waals surface area contributed by atoms with E-state index >= 15 is 0 Å². The van der Waals surface area contributed by atoms with Crippen LogP contribution in [0.1, 0.15) is 5.56 Å². The number of rotatable bonds is 19. The molecule has 248 valence electrons. The number of hydrogen-bond donors (Lipinski definition) is 5. The number of nitrogens with one attached hydrogen (secondary N) is 2. The van der Waals surface area contributed by atoms with Crippen molar-refractivity contribution in [3.8, 4) is 11.5 Å². The molecule has 0 radical (unpaired) electrons. The molecule has 2 aromatic rings. The highest BCUT2D eigenvalue weighted by Crippen LogP contribution is 2.41. The van der Waals surface area contributed by atoms with Gasteiger partial charge in [-0.15, -0.1) is 0 Å². The fourth-order valence-corrected chi connectivity index (χ4v) is 4.38. The summed E-state index contributed by atoms with van der Waals surface area (Å²) in [5.41, 5.74) is -4.05. The van der Waals surface area contributed by atoms with Crippen LogP contribution in [0.3, 0.4) is 0 Å². The number of anilines is 1. The van der Waals surface area contributed by atoms with Crippen molar-refractivity contribution < 1.29 is 61.9 Å². The fraction of sp³-hybridized carbons (Fsp3) is 0.462. The number of fused-ring (bicyclic) bond motifs is 1. The number of carbonyl (C=O) groups is 5. The lowest BCUT2D eigenvalue weighted by Gasteiger charge is -2.27. The Balaban J connectivity index is 2.27. The van der Waals surface area contributed by atoms with Gasteiger partial charge in [0.05, 0.1) is 58.0 Å². The first kappa shape index (κ1) is 36.4. The predicted octanol–water partition coefficient (Wildman–Crippen LogP) is -0.139. The second-order valence-corrected chi connectivity index (χ2v) is 9.57. The van der Waals surface area contributed by atoms with Crippen LogP contribution in [0.15, 0.2) is 16.9 Å². The molecule has 0 saturated carbocycles. The first-order valence-corrected chi connectivity index (χ1v) is 13.0. The van der Waals surface area contributed by atoms with Crippen LogP contribution in [0.5, 0.6) is 11.5 Å². The number of ether oxygens (including phenoxy) is 2. The Morgan fingerprint density at radius 2 is 1.33 bits per heavy atom. The number of hydrogen-bond acceptors (Lipinski definition) is 11. The number of carbonyl (C=O) groups excluding carboxylic acids is 2. The van der Waals surface area contributed by atoms with Gasteiger partial charge in [0.1, 0.15) is 12.0 Å². The molecule has 19 heteroatoms. The SMILES string of the molecule is COc1cc2[nH]c(=O)c(NC(=O)CN(CC=O)CCN(CCN(CC(=O)O)CC(=O)O)CC(=O)O)c(C(F)(F)F)c2cc1OC. The van der Waals surface area contributed by atoms with Crippen LogP contribution in [0.25, 0.3) is 10.9 Å². The Labute approximate surface area is 252 Å². The number of aldehydes is 1. The largest absolute Gasteiger partial charge is 0.493 e. The summed E-state index contributed by atoms with van der Waals surface area (Å²) in [5, 5.41) is 28.7. The number of amides is 1. The zero-order chi connectivity index (χ0) is 33.9. The second kappa shape index (κ2) is 16.4. The summed E-state index contributed by atoms with van der Waals surface area (Å²) in [6, 6.07) is 2.13. The van der Waals surface area contributed by atoms with Gasteiger partial charge in [0.25, 0.3) is 5.56 Å². The highest BCUT2D eigenvalue weighted by Gasteiger charge is 2.38. The quantitative estimate of drug-likeness (QED) is 0.125. The number of pyridine rings is 1. The first-order valence-electron chi connectivity index (χ1n) is 13.0. The van der Waals surface area contributed by atoms with Crippen LogP contribution in [0.2, 0.25) is 0 Å². The average Bonchev–Trinajstić information content (AvgIpc) is 2.92. The van der Waals surface area contributed by atoms with Gasteiger partial charge >= 0.3 is 24.1 Å². The summed E-state index contributed by atoms with van der Waals surface area (Å²) in [6.45, 7) is -3.42. The van der Waals surface area contributed by atoms with E-state index in [1.54, 1.807) is 0 Å². The maximum Gasteiger partial charge on any atom is 0.419 e. The van der Waals surface area contributed by atoms with Crippen LogP contribution in [-0.2, 0) is 30.1 Å². The van der Waals surface area contributed by atoms with Crippen LogP contribution in [0, 0.1) is 0 Å². The third-order valence-electron chi connectivity index (χ3n) is 6.31. The minimum Gasteiger partial charge on any atom is -0.493 e. The number of halogens is 3. The smallest absolute Gasteiger partial charge is 0.419 e. The molecule has 5 N–H and O–H groups in total. The monoisotopic (exact) mass is 647 g/mol. The van der Waals surface area contributed by atoms with Crippen molar-refractivity contribution in [2.45, 2.75) is 6.18 Å². The number of aliphatic carboxylic acids is 3. The standard InChI is InChI=1S/C26H32F3N5O11/c1-44-17-9-15-16(10-18(17)45-2)30-25(43)24(23(15)26(27,28)29)31-19(36)11-33(7-8-35)4-3-32(12-20(37)38)5-6-34(13-21(39)40)14-22(41)42/h8-10H,3-7,11-14H2,1-2H3,(H,30,43)(H,31,36)(H,37,38)(H,39,40)(H,41,42). The molecule has 1 amide bonds. The summed E-state index contributed by atoms with van der Waals surface area (Å²) in [6.07, 6.45) is -4.70. The minimum absolute atomic E-state index is 0.0449. The van der Waals surface area contributed by atoms with Crippen LogP contribution < -0.4 is 20.3 Å². The number of carboxylic acids is 3. The molecule has 16 nitrogen and oxygen atoms in total. The summed E-state index contributed by atoms with van der Waals surface area (Å²) in [5.74, 6) is -5.00. The summed E-state index contributed by atoms with van der Waals surface area (Å²) >= 11 is 0. The summed E-state index contributed by atoms with van der Waals surface area (Å²) in [7, 11) is 2.45. The zero-order valence-electron chi connectivity index (χ0n) is 24.2. The Kier molecular flexibility index (Phi) is 13.2. The lowest BCUT2D eigenvalue weighted by atomic mass is 10.1. The third kappa shape index (κ3) is 11.0. The van der Waals surface area contributed by atoms with E-state index in [0.29, 0.717) is 6.29 Å². The van der Waals surface area contributed by atoms with Crippen LogP contribution in [-0.4, -0.2) is 138 Å². The normalized spacial score (nSPS) is 11.6. The highest BCUT2D eigenvalue weighted by molar-refractivity contribution is 5.97. The fourth-order valence-electron chi connectivity index (χ4n) is 4.38. The van der Waals surface area contributed by atoms with E-state index in [2.05, 4.69) is 4.98 Å². The van der Waals surface area contributed by atoms with Gasteiger partial charge in [-0.2, -0.15) is 13.2 Å². The number of aromatic amines is 1. The molecule has 0 aliphatic heterocycles.